The van der Waals surface area contributed by atoms with E-state index in [4.69, 9.17) is 14.6 Å². The molecule has 1 fully saturated rings. The number of carboxylic acids is 1. The Morgan fingerprint density at radius 1 is 1.56 bits per heavy atom. The van der Waals surface area contributed by atoms with Crippen LogP contribution in [0.25, 0.3) is 0 Å². The maximum atomic E-state index is 10.8. The van der Waals surface area contributed by atoms with Crippen LogP contribution in [0.5, 0.6) is 0 Å². The minimum atomic E-state index is -0.733. The molecular weight excluding hydrogens is 208 g/mol. The lowest BCUT2D eigenvalue weighted by atomic mass is 9.87. The first-order chi connectivity index (χ1) is 7.59. The predicted octanol–water partition coefficient (Wildman–Crippen LogP) is 2.07. The molecule has 1 rings (SSSR count). The maximum absolute atomic E-state index is 10.8. The van der Waals surface area contributed by atoms with Gasteiger partial charge in [-0.15, -0.1) is 0 Å². The van der Waals surface area contributed by atoms with Crippen LogP contribution in [0, 0.1) is 5.92 Å². The average Bonchev–Trinajstić information content (AvgIpc) is 2.27. The molecule has 4 nitrogen and oxygen atoms in total. The van der Waals surface area contributed by atoms with E-state index in [9.17, 15) is 4.79 Å². The number of rotatable bonds is 6. The number of ether oxygens (including phenoxy) is 2. The molecule has 2 unspecified atom stereocenters. The first-order valence-corrected chi connectivity index (χ1v) is 5.95. The fourth-order valence-electron chi connectivity index (χ4n) is 2.16. The van der Waals surface area contributed by atoms with Crippen molar-refractivity contribution in [1.29, 1.82) is 0 Å². The van der Waals surface area contributed by atoms with E-state index in [-0.39, 0.29) is 11.5 Å². The first kappa shape index (κ1) is 13.5. The Morgan fingerprint density at radius 3 is 2.81 bits per heavy atom. The molecule has 1 aliphatic rings. The molecule has 0 amide bonds. The molecule has 1 aliphatic heterocycles. The zero-order valence-corrected chi connectivity index (χ0v) is 10.2. The third kappa shape index (κ3) is 3.76. The zero-order chi connectivity index (χ0) is 12.0. The molecule has 1 saturated heterocycles. The standard InChI is InChI=1S/C12H22O4/c1-10(11(13)14)5-7-12(9-15-2)6-3-4-8-16-12/h10H,3-9H2,1-2H3,(H,13,14). The van der Waals surface area contributed by atoms with Crippen molar-refractivity contribution in [1.82, 2.24) is 0 Å². The average molecular weight is 230 g/mol. The van der Waals surface area contributed by atoms with Crippen LogP contribution in [0.3, 0.4) is 0 Å². The SMILES string of the molecule is COCC1(CCC(C)C(=O)O)CCCCO1. The normalized spacial score (nSPS) is 27.6. The predicted molar refractivity (Wildman–Crippen MR) is 60.4 cm³/mol. The first-order valence-electron chi connectivity index (χ1n) is 5.95. The van der Waals surface area contributed by atoms with Crippen LogP contribution >= 0.6 is 0 Å². The van der Waals surface area contributed by atoms with E-state index in [1.54, 1.807) is 14.0 Å². The van der Waals surface area contributed by atoms with Crippen molar-refractivity contribution in [3.8, 4) is 0 Å². The number of carbonyl (C=O) groups is 1. The Bertz CT molecular complexity index is 216. The van der Waals surface area contributed by atoms with E-state index >= 15 is 0 Å². The van der Waals surface area contributed by atoms with Gasteiger partial charge in [-0.05, 0) is 32.1 Å². The van der Waals surface area contributed by atoms with Crippen molar-refractivity contribution in [2.45, 2.75) is 44.6 Å². The maximum Gasteiger partial charge on any atom is 0.306 e. The summed E-state index contributed by atoms with van der Waals surface area (Å²) in [5.74, 6) is -1.04. The van der Waals surface area contributed by atoms with Gasteiger partial charge in [0, 0.05) is 13.7 Å². The molecule has 94 valence electrons. The topological polar surface area (TPSA) is 55.8 Å². The van der Waals surface area contributed by atoms with Gasteiger partial charge in [-0.2, -0.15) is 0 Å². The minimum Gasteiger partial charge on any atom is -0.481 e. The van der Waals surface area contributed by atoms with Crippen LogP contribution in [0.15, 0.2) is 0 Å². The van der Waals surface area contributed by atoms with Gasteiger partial charge in [-0.25, -0.2) is 0 Å². The van der Waals surface area contributed by atoms with Crippen LogP contribution in [0.4, 0.5) is 0 Å². The molecule has 4 heteroatoms. The van der Waals surface area contributed by atoms with Crippen LogP contribution < -0.4 is 0 Å². The lowest BCUT2D eigenvalue weighted by Crippen LogP contribution is -2.41. The Kier molecular flexibility index (Phi) is 5.22. The molecule has 2 atom stereocenters. The molecule has 16 heavy (non-hydrogen) atoms. The van der Waals surface area contributed by atoms with Crippen molar-refractivity contribution in [2.24, 2.45) is 5.92 Å². The van der Waals surface area contributed by atoms with Gasteiger partial charge < -0.3 is 14.6 Å². The number of carboxylic acid groups (broad SMARTS) is 1. The van der Waals surface area contributed by atoms with E-state index < -0.39 is 5.97 Å². The van der Waals surface area contributed by atoms with Crippen molar-refractivity contribution in [2.75, 3.05) is 20.3 Å². The largest absolute Gasteiger partial charge is 0.481 e. The summed E-state index contributed by atoms with van der Waals surface area (Å²) in [6.07, 6.45) is 4.64. The molecule has 1 N–H and O–H groups in total. The summed E-state index contributed by atoms with van der Waals surface area (Å²) in [5.41, 5.74) is -0.239. The van der Waals surface area contributed by atoms with Crippen molar-refractivity contribution < 1.29 is 19.4 Å². The molecule has 0 saturated carbocycles. The smallest absolute Gasteiger partial charge is 0.306 e. The number of methoxy groups -OCH3 is 1. The van der Waals surface area contributed by atoms with Crippen LogP contribution in [0.1, 0.15) is 39.0 Å². The number of hydrogen-bond acceptors (Lipinski definition) is 3. The summed E-state index contributed by atoms with van der Waals surface area (Å²) >= 11 is 0. The highest BCUT2D eigenvalue weighted by Gasteiger charge is 2.33. The van der Waals surface area contributed by atoms with E-state index in [0.717, 1.165) is 32.3 Å². The highest BCUT2D eigenvalue weighted by Crippen LogP contribution is 2.31. The third-order valence-corrected chi connectivity index (χ3v) is 3.30. The Labute approximate surface area is 96.9 Å². The summed E-state index contributed by atoms with van der Waals surface area (Å²) in [7, 11) is 1.67. The summed E-state index contributed by atoms with van der Waals surface area (Å²) in [4.78, 5) is 10.8. The second kappa shape index (κ2) is 6.21. The summed E-state index contributed by atoms with van der Waals surface area (Å²) < 4.78 is 11.0. The quantitative estimate of drug-likeness (QED) is 0.759. The van der Waals surface area contributed by atoms with Gasteiger partial charge >= 0.3 is 5.97 Å². The molecular formula is C12H22O4. The molecule has 0 aromatic rings. The monoisotopic (exact) mass is 230 g/mol. The fraction of sp³-hybridized carbons (Fsp3) is 0.917. The molecule has 0 aromatic carbocycles. The second-order valence-corrected chi connectivity index (χ2v) is 4.70. The summed E-state index contributed by atoms with van der Waals surface area (Å²) in [5, 5.41) is 8.85. The highest BCUT2D eigenvalue weighted by atomic mass is 16.5. The van der Waals surface area contributed by atoms with Crippen molar-refractivity contribution in [3.05, 3.63) is 0 Å². The zero-order valence-electron chi connectivity index (χ0n) is 10.2. The fourth-order valence-corrected chi connectivity index (χ4v) is 2.16. The third-order valence-electron chi connectivity index (χ3n) is 3.30. The van der Waals surface area contributed by atoms with Gasteiger partial charge in [0.25, 0.3) is 0 Å². The molecule has 0 bridgehead atoms. The lowest BCUT2D eigenvalue weighted by molar-refractivity contribution is -0.144. The Balaban J connectivity index is 2.46. The molecule has 0 aliphatic carbocycles. The van der Waals surface area contributed by atoms with Gasteiger partial charge in [0.1, 0.15) is 0 Å². The van der Waals surface area contributed by atoms with E-state index in [0.29, 0.717) is 13.0 Å². The molecule has 0 spiro atoms. The van der Waals surface area contributed by atoms with Gasteiger partial charge in [-0.3, -0.25) is 4.79 Å². The molecule has 0 aromatic heterocycles. The van der Waals surface area contributed by atoms with Gasteiger partial charge in [0.15, 0.2) is 0 Å². The Hall–Kier alpha value is -0.610. The van der Waals surface area contributed by atoms with Crippen LogP contribution in [-0.4, -0.2) is 37.0 Å². The number of aliphatic carboxylic acids is 1. The highest BCUT2D eigenvalue weighted by molar-refractivity contribution is 5.69. The van der Waals surface area contributed by atoms with Gasteiger partial charge in [0.05, 0.1) is 18.1 Å². The van der Waals surface area contributed by atoms with E-state index in [1.807, 2.05) is 0 Å². The second-order valence-electron chi connectivity index (χ2n) is 4.70. The summed E-state index contributed by atoms with van der Waals surface area (Å²) in [6, 6.07) is 0. The van der Waals surface area contributed by atoms with Gasteiger partial charge in [0.2, 0.25) is 0 Å². The summed E-state index contributed by atoms with van der Waals surface area (Å²) in [6.45, 7) is 3.08. The van der Waals surface area contributed by atoms with E-state index in [1.165, 1.54) is 0 Å². The lowest BCUT2D eigenvalue weighted by Gasteiger charge is -2.37. The van der Waals surface area contributed by atoms with Gasteiger partial charge in [-0.1, -0.05) is 6.92 Å². The molecule has 0 radical (unpaired) electrons. The minimum absolute atomic E-state index is 0.239. The van der Waals surface area contributed by atoms with Crippen molar-refractivity contribution in [3.63, 3.8) is 0 Å². The van der Waals surface area contributed by atoms with E-state index in [2.05, 4.69) is 0 Å². The number of hydrogen-bond donors (Lipinski definition) is 1. The van der Waals surface area contributed by atoms with Crippen LogP contribution in [-0.2, 0) is 14.3 Å². The molecule has 1 heterocycles. The Morgan fingerprint density at radius 2 is 2.31 bits per heavy atom. The van der Waals surface area contributed by atoms with Crippen LogP contribution in [0.2, 0.25) is 0 Å². The van der Waals surface area contributed by atoms with Crippen molar-refractivity contribution >= 4 is 5.97 Å².